The van der Waals surface area contributed by atoms with E-state index in [0.29, 0.717) is 31.3 Å². The van der Waals surface area contributed by atoms with E-state index in [2.05, 4.69) is 4.90 Å². The molecule has 0 radical (unpaired) electrons. The zero-order chi connectivity index (χ0) is 15.5. The molecule has 22 heavy (non-hydrogen) atoms. The van der Waals surface area contributed by atoms with Crippen molar-refractivity contribution in [2.75, 3.05) is 32.8 Å². The molecule has 0 N–H and O–H groups in total. The van der Waals surface area contributed by atoms with Crippen LogP contribution in [0.5, 0.6) is 0 Å². The number of halogens is 2. The summed E-state index contributed by atoms with van der Waals surface area (Å²) in [6.45, 7) is 4.38. The number of piperazine rings is 1. The summed E-state index contributed by atoms with van der Waals surface area (Å²) in [6, 6.07) is 4.49. The van der Waals surface area contributed by atoms with Gasteiger partial charge in [0.05, 0.1) is 0 Å². The molecule has 2 saturated heterocycles. The van der Waals surface area contributed by atoms with Crippen LogP contribution in [0.3, 0.4) is 0 Å². The first-order chi connectivity index (χ1) is 10.6. The largest absolute Gasteiger partial charge is 0.368 e. The van der Waals surface area contributed by atoms with Crippen LogP contribution in [0.4, 0.5) is 4.39 Å². The van der Waals surface area contributed by atoms with E-state index in [-0.39, 0.29) is 17.8 Å². The van der Waals surface area contributed by atoms with E-state index in [4.69, 9.17) is 16.3 Å². The highest BCUT2D eigenvalue weighted by atomic mass is 35.5. The molecule has 1 atom stereocenters. The maximum Gasteiger partial charge on any atom is 0.251 e. The van der Waals surface area contributed by atoms with Crippen molar-refractivity contribution in [3.8, 4) is 0 Å². The van der Waals surface area contributed by atoms with E-state index in [9.17, 15) is 9.18 Å². The monoisotopic (exact) mass is 326 g/mol. The Kier molecular flexibility index (Phi) is 4.96. The Morgan fingerprint density at radius 1 is 1.32 bits per heavy atom. The maximum absolute atomic E-state index is 13.1. The van der Waals surface area contributed by atoms with Crippen LogP contribution in [-0.4, -0.2) is 54.6 Å². The molecule has 2 aliphatic rings. The number of nitrogens with zero attached hydrogens (tertiary/aromatic N) is 2. The Morgan fingerprint density at radius 3 is 2.73 bits per heavy atom. The van der Waals surface area contributed by atoms with Crippen molar-refractivity contribution in [3.05, 3.63) is 34.6 Å². The lowest BCUT2D eigenvalue weighted by Crippen LogP contribution is -2.51. The van der Waals surface area contributed by atoms with Crippen molar-refractivity contribution >= 4 is 17.5 Å². The molecule has 4 nitrogen and oxygen atoms in total. The number of hydrogen-bond acceptors (Lipinski definition) is 3. The van der Waals surface area contributed by atoms with Crippen LogP contribution in [0, 0.1) is 5.82 Å². The lowest BCUT2D eigenvalue weighted by Gasteiger charge is -2.35. The Morgan fingerprint density at radius 2 is 2.09 bits per heavy atom. The van der Waals surface area contributed by atoms with Crippen molar-refractivity contribution in [1.29, 1.82) is 0 Å². The molecule has 1 amide bonds. The lowest BCUT2D eigenvalue weighted by atomic mass is 10.1. The summed E-state index contributed by atoms with van der Waals surface area (Å²) in [4.78, 5) is 16.4. The van der Waals surface area contributed by atoms with E-state index in [1.807, 2.05) is 4.90 Å². The first-order valence-corrected chi connectivity index (χ1v) is 8.08. The second-order valence-electron chi connectivity index (χ2n) is 5.84. The maximum atomic E-state index is 13.1. The quantitative estimate of drug-likeness (QED) is 0.854. The van der Waals surface area contributed by atoms with Crippen LogP contribution < -0.4 is 0 Å². The van der Waals surface area contributed by atoms with Crippen LogP contribution in [0.1, 0.15) is 18.4 Å². The summed E-state index contributed by atoms with van der Waals surface area (Å²) in [6.07, 6.45) is 1.57. The summed E-state index contributed by atoms with van der Waals surface area (Å²) >= 11 is 6.07. The highest BCUT2D eigenvalue weighted by Crippen LogP contribution is 2.20. The second kappa shape index (κ2) is 6.94. The van der Waals surface area contributed by atoms with Crippen molar-refractivity contribution in [2.24, 2.45) is 0 Å². The minimum Gasteiger partial charge on any atom is -0.368 e. The zero-order valence-electron chi connectivity index (χ0n) is 12.4. The number of rotatable bonds is 3. The van der Waals surface area contributed by atoms with E-state index in [1.54, 1.807) is 6.07 Å². The van der Waals surface area contributed by atoms with E-state index in [1.165, 1.54) is 12.1 Å². The van der Waals surface area contributed by atoms with Gasteiger partial charge in [-0.25, -0.2) is 4.39 Å². The van der Waals surface area contributed by atoms with Crippen molar-refractivity contribution < 1.29 is 13.9 Å². The molecule has 2 fully saturated rings. The number of ether oxygens (including phenoxy) is 1. The minimum atomic E-state index is -0.319. The number of hydrogen-bond donors (Lipinski definition) is 0. The van der Waals surface area contributed by atoms with Gasteiger partial charge in [-0.1, -0.05) is 17.7 Å². The summed E-state index contributed by atoms with van der Waals surface area (Å²) in [5.41, 5.74) is 0.918. The SMILES string of the molecule is O=C(C1CCCO1)N1CCN(Cc2ccc(F)cc2Cl)CC1. The smallest absolute Gasteiger partial charge is 0.251 e. The fraction of sp³-hybridized carbons (Fsp3) is 0.562. The van der Waals surface area contributed by atoms with Crippen LogP contribution >= 0.6 is 11.6 Å². The molecular weight excluding hydrogens is 307 g/mol. The summed E-state index contributed by atoms with van der Waals surface area (Å²) in [7, 11) is 0. The second-order valence-corrected chi connectivity index (χ2v) is 6.25. The third kappa shape index (κ3) is 3.59. The molecule has 1 aromatic carbocycles. The molecule has 6 heteroatoms. The summed E-state index contributed by atoms with van der Waals surface area (Å²) < 4.78 is 18.5. The van der Waals surface area contributed by atoms with Gasteiger partial charge in [0.2, 0.25) is 0 Å². The number of carbonyl (C=O) groups is 1. The Hall–Kier alpha value is -1.17. The molecule has 0 bridgehead atoms. The molecule has 0 aliphatic carbocycles. The third-order valence-corrected chi connectivity index (χ3v) is 4.65. The molecule has 0 saturated carbocycles. The predicted octanol–water partition coefficient (Wildman–Crippen LogP) is 2.30. The highest BCUT2D eigenvalue weighted by molar-refractivity contribution is 6.31. The van der Waals surface area contributed by atoms with Gasteiger partial charge < -0.3 is 9.64 Å². The number of benzene rings is 1. The number of carbonyl (C=O) groups excluding carboxylic acids is 1. The molecule has 2 heterocycles. The van der Waals surface area contributed by atoms with Gasteiger partial charge in [-0.15, -0.1) is 0 Å². The first-order valence-electron chi connectivity index (χ1n) is 7.70. The molecule has 3 rings (SSSR count). The Balaban J connectivity index is 1.52. The van der Waals surface area contributed by atoms with Crippen molar-refractivity contribution in [2.45, 2.75) is 25.5 Å². The molecule has 0 aromatic heterocycles. The fourth-order valence-corrected chi connectivity index (χ4v) is 3.22. The van der Waals surface area contributed by atoms with Gasteiger partial charge in [0.25, 0.3) is 5.91 Å². The molecule has 120 valence electrons. The normalized spacial score (nSPS) is 23.0. The van der Waals surface area contributed by atoms with Gasteiger partial charge >= 0.3 is 0 Å². The molecular formula is C16H20ClFN2O2. The highest BCUT2D eigenvalue weighted by Gasteiger charge is 2.30. The average Bonchev–Trinajstić information content (AvgIpc) is 3.04. The molecule has 1 aromatic rings. The summed E-state index contributed by atoms with van der Waals surface area (Å²) in [5, 5.41) is 0.456. The predicted molar refractivity (Wildman–Crippen MR) is 82.2 cm³/mol. The lowest BCUT2D eigenvalue weighted by molar-refractivity contribution is -0.142. The van der Waals surface area contributed by atoms with Crippen LogP contribution in [0.2, 0.25) is 5.02 Å². The van der Waals surface area contributed by atoms with Crippen LogP contribution in [-0.2, 0) is 16.1 Å². The zero-order valence-corrected chi connectivity index (χ0v) is 13.2. The first kappa shape index (κ1) is 15.7. The van der Waals surface area contributed by atoms with Gasteiger partial charge in [0, 0.05) is 44.4 Å². The van der Waals surface area contributed by atoms with Crippen molar-refractivity contribution in [3.63, 3.8) is 0 Å². The van der Waals surface area contributed by atoms with Crippen LogP contribution in [0.15, 0.2) is 18.2 Å². The molecule has 2 aliphatic heterocycles. The summed E-state index contributed by atoms with van der Waals surface area (Å²) in [5.74, 6) is -0.197. The van der Waals surface area contributed by atoms with Gasteiger partial charge in [0.15, 0.2) is 0 Å². The molecule has 0 spiro atoms. The molecule has 1 unspecified atom stereocenters. The van der Waals surface area contributed by atoms with Gasteiger partial charge in [-0.3, -0.25) is 9.69 Å². The standard InChI is InChI=1S/C16H20ClFN2O2/c17-14-10-13(18)4-3-12(14)11-19-5-7-20(8-6-19)16(21)15-2-1-9-22-15/h3-4,10,15H,1-2,5-9,11H2. The Bertz CT molecular complexity index is 541. The average molecular weight is 327 g/mol. The van der Waals surface area contributed by atoms with Crippen molar-refractivity contribution in [1.82, 2.24) is 9.80 Å². The van der Waals surface area contributed by atoms with Gasteiger partial charge in [-0.2, -0.15) is 0 Å². The minimum absolute atomic E-state index is 0.122. The van der Waals surface area contributed by atoms with Gasteiger partial charge in [0.1, 0.15) is 11.9 Å². The fourth-order valence-electron chi connectivity index (χ4n) is 2.99. The van der Waals surface area contributed by atoms with E-state index in [0.717, 1.165) is 31.5 Å². The topological polar surface area (TPSA) is 32.8 Å². The van der Waals surface area contributed by atoms with E-state index >= 15 is 0 Å². The van der Waals surface area contributed by atoms with Crippen LogP contribution in [0.25, 0.3) is 0 Å². The van der Waals surface area contributed by atoms with E-state index < -0.39 is 0 Å². The van der Waals surface area contributed by atoms with Gasteiger partial charge in [-0.05, 0) is 30.5 Å². The Labute approximate surface area is 134 Å². The third-order valence-electron chi connectivity index (χ3n) is 4.30. The number of amides is 1.